The summed E-state index contributed by atoms with van der Waals surface area (Å²) in [6, 6.07) is 5.60. The van der Waals surface area contributed by atoms with Crippen molar-refractivity contribution >= 4 is 10.0 Å². The van der Waals surface area contributed by atoms with Crippen molar-refractivity contribution in [3.63, 3.8) is 0 Å². The molecule has 0 saturated heterocycles. The van der Waals surface area contributed by atoms with Gasteiger partial charge in [-0.1, -0.05) is 18.2 Å². The van der Waals surface area contributed by atoms with Gasteiger partial charge in [0, 0.05) is 12.6 Å². The second-order valence-corrected chi connectivity index (χ2v) is 6.00. The highest BCUT2D eigenvalue weighted by Crippen LogP contribution is 2.45. The lowest BCUT2D eigenvalue weighted by molar-refractivity contribution is -0.0734. The maximum absolute atomic E-state index is 14.4. The van der Waals surface area contributed by atoms with Gasteiger partial charge >= 0.3 is 0 Å². The Balaban J connectivity index is 2.54. The number of rotatable bonds is 2. The van der Waals surface area contributed by atoms with Crippen molar-refractivity contribution in [2.24, 2.45) is 5.14 Å². The monoisotopic (exact) mass is 260 g/mol. The number of fused-ring (bicyclic) bond motifs is 1. The van der Waals surface area contributed by atoms with Crippen molar-refractivity contribution in [2.75, 3.05) is 7.05 Å². The Morgan fingerprint density at radius 2 is 2.06 bits per heavy atom. The van der Waals surface area contributed by atoms with E-state index in [9.17, 15) is 12.8 Å². The van der Waals surface area contributed by atoms with Crippen molar-refractivity contribution in [2.45, 2.75) is 18.0 Å². The maximum Gasteiger partial charge on any atom is 0.246 e. The van der Waals surface area contributed by atoms with Crippen molar-refractivity contribution in [3.8, 4) is 5.75 Å². The minimum atomic E-state index is -4.35. The highest BCUT2D eigenvalue weighted by molar-refractivity contribution is 7.90. The van der Waals surface area contributed by atoms with Crippen molar-refractivity contribution < 1.29 is 17.6 Å². The molecule has 1 heterocycles. The van der Waals surface area contributed by atoms with Crippen LogP contribution in [0.5, 0.6) is 5.75 Å². The van der Waals surface area contributed by atoms with Gasteiger partial charge in [-0.05, 0) is 13.0 Å². The second-order valence-electron chi connectivity index (χ2n) is 4.11. The molecule has 5 nitrogen and oxygen atoms in total. The van der Waals surface area contributed by atoms with Crippen molar-refractivity contribution in [1.82, 2.24) is 5.06 Å². The van der Waals surface area contributed by atoms with Crippen molar-refractivity contribution in [3.05, 3.63) is 29.8 Å². The molecule has 0 saturated carbocycles. The molecule has 1 aromatic rings. The summed E-state index contributed by atoms with van der Waals surface area (Å²) >= 11 is 0. The van der Waals surface area contributed by atoms with E-state index in [-0.39, 0.29) is 0 Å². The number of benzene rings is 1. The molecule has 0 aliphatic carbocycles. The van der Waals surface area contributed by atoms with Gasteiger partial charge < -0.3 is 4.84 Å². The zero-order valence-electron chi connectivity index (χ0n) is 9.42. The number of halogens is 1. The lowest BCUT2D eigenvalue weighted by Gasteiger charge is -2.28. The van der Waals surface area contributed by atoms with Gasteiger partial charge in [-0.25, -0.2) is 17.9 Å². The van der Waals surface area contributed by atoms with E-state index in [1.807, 2.05) is 0 Å². The number of para-hydroxylation sites is 1. The molecule has 2 atom stereocenters. The van der Waals surface area contributed by atoms with Crippen LogP contribution in [0.4, 0.5) is 4.39 Å². The first-order valence-corrected chi connectivity index (χ1v) is 6.51. The molecule has 2 N–H and O–H groups in total. The van der Waals surface area contributed by atoms with Crippen LogP contribution in [-0.4, -0.2) is 25.5 Å². The molecule has 7 heteroatoms. The Labute approximate surface area is 99.0 Å². The molecular weight excluding hydrogens is 247 g/mol. The van der Waals surface area contributed by atoms with E-state index in [0.717, 1.165) is 12.0 Å². The van der Waals surface area contributed by atoms with Crippen LogP contribution in [0.3, 0.4) is 0 Å². The quantitative estimate of drug-likeness (QED) is 0.859. The third-order valence-corrected chi connectivity index (χ3v) is 4.20. The van der Waals surface area contributed by atoms with E-state index in [2.05, 4.69) is 0 Å². The third-order valence-electron chi connectivity index (χ3n) is 2.86. The molecule has 1 aliphatic heterocycles. The molecule has 94 valence electrons. The van der Waals surface area contributed by atoms with Crippen LogP contribution in [0.1, 0.15) is 18.5 Å². The van der Waals surface area contributed by atoms with E-state index >= 15 is 0 Å². The Bertz CT molecular complexity index is 544. The lowest BCUT2D eigenvalue weighted by Crippen LogP contribution is -2.46. The van der Waals surface area contributed by atoms with Gasteiger partial charge in [-0.2, -0.15) is 0 Å². The van der Waals surface area contributed by atoms with Crippen LogP contribution in [0.15, 0.2) is 24.3 Å². The van der Waals surface area contributed by atoms with Crippen LogP contribution in [0, 0.1) is 0 Å². The van der Waals surface area contributed by atoms with Crippen LogP contribution in [0.25, 0.3) is 0 Å². The number of sulfonamides is 1. The lowest BCUT2D eigenvalue weighted by atomic mass is 10.0. The van der Waals surface area contributed by atoms with Gasteiger partial charge in [0.25, 0.3) is 0 Å². The standard InChI is InChI=1S/C10H13FN2O3S/c1-10(11,17(12,14)15)9-7-5-3-4-6-8(7)16-13(9)2/h3-6,9H,1-2H3,(H2,12,14,15). The fraction of sp³-hybridized carbons (Fsp3) is 0.400. The first-order chi connectivity index (χ1) is 7.75. The van der Waals surface area contributed by atoms with E-state index in [0.29, 0.717) is 11.3 Å². The molecule has 0 aromatic heterocycles. The molecule has 0 bridgehead atoms. The summed E-state index contributed by atoms with van der Waals surface area (Å²) in [5.74, 6) is 0.438. The Morgan fingerprint density at radius 3 is 2.65 bits per heavy atom. The molecule has 2 rings (SSSR count). The fourth-order valence-corrected chi connectivity index (χ4v) is 2.54. The van der Waals surface area contributed by atoms with Crippen molar-refractivity contribution in [1.29, 1.82) is 0 Å². The summed E-state index contributed by atoms with van der Waals surface area (Å²) in [6.07, 6.45) is 0. The molecule has 2 unspecified atom stereocenters. The topological polar surface area (TPSA) is 72.6 Å². The summed E-state index contributed by atoms with van der Waals surface area (Å²) in [4.78, 5) is 5.27. The average Bonchev–Trinajstić information content (AvgIpc) is 2.51. The van der Waals surface area contributed by atoms with Gasteiger partial charge in [0.05, 0.1) is 0 Å². The number of hydrogen-bond donors (Lipinski definition) is 1. The number of primary sulfonamides is 1. The summed E-state index contributed by atoms with van der Waals surface area (Å²) in [6.45, 7) is 0.939. The van der Waals surface area contributed by atoms with Crippen LogP contribution >= 0.6 is 0 Å². The Morgan fingerprint density at radius 1 is 1.47 bits per heavy atom. The summed E-state index contributed by atoms with van der Waals surface area (Å²) in [7, 11) is -2.88. The normalized spacial score (nSPS) is 23.9. The summed E-state index contributed by atoms with van der Waals surface area (Å²) < 4.78 is 37.0. The summed E-state index contributed by atoms with van der Waals surface area (Å²) in [5, 5.41) is 3.47. The zero-order valence-corrected chi connectivity index (χ0v) is 10.2. The van der Waals surface area contributed by atoms with Gasteiger partial charge in [0.1, 0.15) is 6.04 Å². The highest BCUT2D eigenvalue weighted by atomic mass is 32.2. The maximum atomic E-state index is 14.4. The molecule has 0 fully saturated rings. The molecule has 0 spiro atoms. The van der Waals surface area contributed by atoms with E-state index in [1.165, 1.54) is 7.05 Å². The van der Waals surface area contributed by atoms with Crippen LogP contribution in [0.2, 0.25) is 0 Å². The fourth-order valence-electron chi connectivity index (χ4n) is 1.95. The third kappa shape index (κ3) is 1.80. The first kappa shape index (κ1) is 12.3. The average molecular weight is 260 g/mol. The minimum absolute atomic E-state index is 0.438. The van der Waals surface area contributed by atoms with Crippen LogP contribution in [-0.2, 0) is 10.0 Å². The number of nitrogens with two attached hydrogens (primary N) is 1. The van der Waals surface area contributed by atoms with Gasteiger partial charge in [-0.15, -0.1) is 5.06 Å². The molecular formula is C10H13FN2O3S. The second kappa shape index (κ2) is 3.66. The number of nitrogens with zero attached hydrogens (tertiary/aromatic N) is 1. The van der Waals surface area contributed by atoms with Crippen LogP contribution < -0.4 is 9.98 Å². The van der Waals surface area contributed by atoms with E-state index in [4.69, 9.17) is 9.98 Å². The number of alkyl halides is 1. The summed E-state index contributed by atoms with van der Waals surface area (Å²) in [5.41, 5.74) is 0.467. The predicted octanol–water partition coefficient (Wildman–Crippen LogP) is 0.941. The Hall–Kier alpha value is -1.18. The number of hydrogen-bond acceptors (Lipinski definition) is 4. The predicted molar refractivity (Wildman–Crippen MR) is 60.2 cm³/mol. The smallest absolute Gasteiger partial charge is 0.246 e. The molecule has 1 aliphatic rings. The first-order valence-electron chi connectivity index (χ1n) is 4.96. The Kier molecular flexibility index (Phi) is 2.64. The van der Waals surface area contributed by atoms with E-state index in [1.54, 1.807) is 24.3 Å². The molecule has 1 aromatic carbocycles. The zero-order chi connectivity index (χ0) is 12.8. The van der Waals surface area contributed by atoms with Gasteiger partial charge in [-0.3, -0.25) is 0 Å². The SMILES string of the molecule is CN1Oc2ccccc2C1C(C)(F)S(N)(=O)=O. The molecule has 0 radical (unpaired) electrons. The molecule has 17 heavy (non-hydrogen) atoms. The largest absolute Gasteiger partial charge is 0.405 e. The van der Waals surface area contributed by atoms with E-state index < -0.39 is 21.1 Å². The van der Waals surface area contributed by atoms with Gasteiger partial charge in [0.15, 0.2) is 5.75 Å². The van der Waals surface area contributed by atoms with Gasteiger partial charge in [0.2, 0.25) is 15.0 Å². The highest BCUT2D eigenvalue weighted by Gasteiger charge is 2.52. The minimum Gasteiger partial charge on any atom is -0.405 e. The molecule has 0 amide bonds. The number of hydroxylamine groups is 2.